The number of halogens is 4. The van der Waals surface area contributed by atoms with Crippen LogP contribution >= 0.6 is 24.0 Å². The van der Waals surface area contributed by atoms with E-state index in [0.717, 1.165) is 62.8 Å². The van der Waals surface area contributed by atoms with Gasteiger partial charge in [-0.2, -0.15) is 13.2 Å². The van der Waals surface area contributed by atoms with Gasteiger partial charge >= 0.3 is 6.18 Å². The first-order valence-corrected chi connectivity index (χ1v) is 10.4. The van der Waals surface area contributed by atoms with Crippen molar-refractivity contribution in [2.45, 2.75) is 32.1 Å². The molecule has 1 aliphatic heterocycles. The van der Waals surface area contributed by atoms with Crippen LogP contribution in [0.2, 0.25) is 0 Å². The average Bonchev–Trinajstić information content (AvgIpc) is 3.13. The zero-order valence-electron chi connectivity index (χ0n) is 18.5. The van der Waals surface area contributed by atoms with Crippen molar-refractivity contribution in [3.8, 4) is 0 Å². The smallest absolute Gasteiger partial charge is 0.383 e. The Morgan fingerprint density at radius 2 is 1.97 bits per heavy atom. The molecule has 1 atom stereocenters. The first-order chi connectivity index (χ1) is 14.3. The Hall–Kier alpha value is -1.11. The Labute approximate surface area is 200 Å². The molecule has 0 radical (unpaired) electrons. The maximum Gasteiger partial charge on any atom is 0.416 e. The normalized spacial score (nSPS) is 17.6. The summed E-state index contributed by atoms with van der Waals surface area (Å²) < 4.78 is 43.2. The van der Waals surface area contributed by atoms with Gasteiger partial charge in [0.2, 0.25) is 0 Å². The van der Waals surface area contributed by atoms with Crippen molar-refractivity contribution in [3.05, 3.63) is 35.4 Å². The quantitative estimate of drug-likeness (QED) is 0.263. The number of methoxy groups -OCH3 is 1. The Balaban J connectivity index is 0.00000480. The lowest BCUT2D eigenvalue weighted by Gasteiger charge is -2.20. The van der Waals surface area contributed by atoms with Gasteiger partial charge in [0.05, 0.1) is 18.7 Å². The summed E-state index contributed by atoms with van der Waals surface area (Å²) >= 11 is 0. The van der Waals surface area contributed by atoms with Gasteiger partial charge in [0.15, 0.2) is 5.96 Å². The molecular formula is C21H35F3IN5O. The van der Waals surface area contributed by atoms with E-state index >= 15 is 0 Å². The van der Waals surface area contributed by atoms with Crippen molar-refractivity contribution in [1.82, 2.24) is 20.4 Å². The van der Waals surface area contributed by atoms with Crippen LogP contribution < -0.4 is 10.6 Å². The molecule has 2 N–H and O–H groups in total. The molecule has 1 fully saturated rings. The van der Waals surface area contributed by atoms with Crippen molar-refractivity contribution < 1.29 is 17.9 Å². The van der Waals surface area contributed by atoms with Crippen LogP contribution in [0.1, 0.15) is 24.5 Å². The highest BCUT2D eigenvalue weighted by molar-refractivity contribution is 14.0. The minimum atomic E-state index is -4.29. The zero-order valence-corrected chi connectivity index (χ0v) is 20.9. The van der Waals surface area contributed by atoms with E-state index in [2.05, 4.69) is 25.4 Å². The second kappa shape index (κ2) is 14.1. The number of likely N-dealkylation sites (N-methyl/N-ethyl adjacent to an activating group) is 1. The minimum absolute atomic E-state index is 0. The first-order valence-electron chi connectivity index (χ1n) is 10.4. The van der Waals surface area contributed by atoms with E-state index in [-0.39, 0.29) is 30.0 Å². The fraction of sp³-hybridized carbons (Fsp3) is 0.667. The Morgan fingerprint density at radius 3 is 2.58 bits per heavy atom. The van der Waals surface area contributed by atoms with Gasteiger partial charge in [0.1, 0.15) is 0 Å². The lowest BCUT2D eigenvalue weighted by Crippen LogP contribution is -2.45. The van der Waals surface area contributed by atoms with Crippen LogP contribution in [0.25, 0.3) is 0 Å². The summed E-state index contributed by atoms with van der Waals surface area (Å²) in [6, 6.07) is 5.70. The molecule has 178 valence electrons. The molecule has 1 aromatic carbocycles. The van der Waals surface area contributed by atoms with Gasteiger partial charge in [-0.05, 0) is 38.1 Å². The van der Waals surface area contributed by atoms with Crippen molar-refractivity contribution in [2.24, 2.45) is 4.99 Å². The standard InChI is InChI=1S/C21H34F3N5O.HI/c1-4-25-20(26-10-12-28(2)13-14-30-3)27-19-9-11-29(16-19)15-17-5-7-18(8-6-17)21(22,23)24;/h5-8,19H,4,9-16H2,1-3H3,(H2,25,26,27);1H. The number of rotatable bonds is 10. The summed E-state index contributed by atoms with van der Waals surface area (Å²) in [4.78, 5) is 9.08. The number of alkyl halides is 3. The van der Waals surface area contributed by atoms with E-state index in [1.807, 2.05) is 14.0 Å². The second-order valence-electron chi connectivity index (χ2n) is 7.62. The molecule has 2 rings (SSSR count). The molecule has 1 heterocycles. The molecule has 1 aliphatic rings. The van der Waals surface area contributed by atoms with Gasteiger partial charge in [0.25, 0.3) is 0 Å². The molecule has 6 nitrogen and oxygen atoms in total. The predicted molar refractivity (Wildman–Crippen MR) is 129 cm³/mol. The molecule has 1 saturated heterocycles. The number of nitrogens with one attached hydrogen (secondary N) is 2. The summed E-state index contributed by atoms with van der Waals surface area (Å²) in [6.07, 6.45) is -3.32. The van der Waals surface area contributed by atoms with Crippen LogP contribution in [0.3, 0.4) is 0 Å². The number of nitrogens with zero attached hydrogens (tertiary/aromatic N) is 3. The van der Waals surface area contributed by atoms with Gasteiger partial charge < -0.3 is 20.3 Å². The maximum absolute atomic E-state index is 12.7. The van der Waals surface area contributed by atoms with E-state index in [4.69, 9.17) is 4.74 Å². The first kappa shape index (κ1) is 27.9. The minimum Gasteiger partial charge on any atom is -0.383 e. The van der Waals surface area contributed by atoms with Gasteiger partial charge in [-0.3, -0.25) is 9.89 Å². The number of hydrogen-bond acceptors (Lipinski definition) is 4. The Bertz CT molecular complexity index is 657. The van der Waals surface area contributed by atoms with Crippen LogP contribution in [0.4, 0.5) is 13.2 Å². The summed E-state index contributed by atoms with van der Waals surface area (Å²) in [6.45, 7) is 8.32. The predicted octanol–water partition coefficient (Wildman–Crippen LogP) is 3.03. The van der Waals surface area contributed by atoms with Crippen molar-refractivity contribution in [3.63, 3.8) is 0 Å². The van der Waals surface area contributed by atoms with Crippen molar-refractivity contribution in [2.75, 3.05) is 60.0 Å². The lowest BCUT2D eigenvalue weighted by molar-refractivity contribution is -0.137. The molecule has 10 heteroatoms. The van der Waals surface area contributed by atoms with Crippen LogP contribution in [-0.4, -0.2) is 81.8 Å². The van der Waals surface area contributed by atoms with Gasteiger partial charge in [-0.15, -0.1) is 24.0 Å². The van der Waals surface area contributed by atoms with E-state index in [9.17, 15) is 13.2 Å². The van der Waals surface area contributed by atoms with E-state index in [1.165, 1.54) is 0 Å². The van der Waals surface area contributed by atoms with Crippen LogP contribution in [-0.2, 0) is 17.5 Å². The Morgan fingerprint density at radius 1 is 1.26 bits per heavy atom. The summed E-state index contributed by atoms with van der Waals surface area (Å²) in [5.74, 6) is 0.805. The monoisotopic (exact) mass is 557 g/mol. The average molecular weight is 557 g/mol. The van der Waals surface area contributed by atoms with Crippen molar-refractivity contribution >= 4 is 29.9 Å². The van der Waals surface area contributed by atoms with Gasteiger partial charge in [0, 0.05) is 52.4 Å². The van der Waals surface area contributed by atoms with Crippen molar-refractivity contribution in [1.29, 1.82) is 0 Å². The molecule has 31 heavy (non-hydrogen) atoms. The molecule has 0 bridgehead atoms. The van der Waals surface area contributed by atoms with Gasteiger partial charge in [-0.25, -0.2) is 0 Å². The fourth-order valence-corrected chi connectivity index (χ4v) is 3.36. The largest absolute Gasteiger partial charge is 0.416 e. The topological polar surface area (TPSA) is 52.1 Å². The molecule has 1 unspecified atom stereocenters. The van der Waals surface area contributed by atoms with Crippen LogP contribution in [0.5, 0.6) is 0 Å². The lowest BCUT2D eigenvalue weighted by atomic mass is 10.1. The molecule has 0 saturated carbocycles. The van der Waals surface area contributed by atoms with Gasteiger partial charge in [-0.1, -0.05) is 12.1 Å². The number of hydrogen-bond donors (Lipinski definition) is 2. The maximum atomic E-state index is 12.7. The molecule has 1 aromatic rings. The fourth-order valence-electron chi connectivity index (χ4n) is 3.36. The molecular weight excluding hydrogens is 522 g/mol. The molecule has 0 aliphatic carbocycles. The van der Waals surface area contributed by atoms with E-state index < -0.39 is 11.7 Å². The number of guanidine groups is 1. The highest BCUT2D eigenvalue weighted by Crippen LogP contribution is 2.29. The van der Waals surface area contributed by atoms with E-state index in [1.54, 1.807) is 19.2 Å². The SMILES string of the molecule is CCNC(=NCCN(C)CCOC)NC1CCN(Cc2ccc(C(F)(F)F)cc2)C1.I. The third-order valence-corrected chi connectivity index (χ3v) is 5.07. The zero-order chi connectivity index (χ0) is 22.0. The number of ether oxygens (including phenoxy) is 1. The third kappa shape index (κ3) is 10.4. The van der Waals surface area contributed by atoms with Crippen LogP contribution in [0.15, 0.2) is 29.3 Å². The Kier molecular flexibility index (Phi) is 12.7. The molecule has 0 amide bonds. The van der Waals surface area contributed by atoms with Crippen LogP contribution in [0, 0.1) is 0 Å². The summed E-state index contributed by atoms with van der Waals surface area (Å²) in [7, 11) is 3.74. The summed E-state index contributed by atoms with van der Waals surface area (Å²) in [5.41, 5.74) is 0.287. The van der Waals surface area contributed by atoms with E-state index in [0.29, 0.717) is 19.7 Å². The highest BCUT2D eigenvalue weighted by atomic mass is 127. The number of benzene rings is 1. The molecule has 0 spiro atoms. The third-order valence-electron chi connectivity index (χ3n) is 5.07. The molecule has 0 aromatic heterocycles. The highest BCUT2D eigenvalue weighted by Gasteiger charge is 2.30. The number of likely N-dealkylation sites (tertiary alicyclic amines) is 1. The number of aliphatic imine (C=N–C) groups is 1. The summed E-state index contributed by atoms with van der Waals surface area (Å²) in [5, 5.41) is 6.77. The second-order valence-corrected chi connectivity index (χ2v) is 7.62.